The molecular weight excluding hydrogens is 388 g/mol. The molecule has 0 spiro atoms. The molecule has 4 aliphatic carbocycles. The van der Waals surface area contributed by atoms with Gasteiger partial charge >= 0.3 is 0 Å². The molecular formula is C27H38O4. The summed E-state index contributed by atoms with van der Waals surface area (Å²) in [5, 5.41) is 20.2. The maximum Gasteiger partial charge on any atom is 0.167 e. The third kappa shape index (κ3) is 3.89. The van der Waals surface area contributed by atoms with Crippen molar-refractivity contribution in [2.24, 2.45) is 29.1 Å². The molecule has 8 atom stereocenters. The Labute approximate surface area is 186 Å². The van der Waals surface area contributed by atoms with Crippen molar-refractivity contribution in [1.29, 1.82) is 0 Å². The molecule has 0 aromatic heterocycles. The molecule has 0 aromatic carbocycles. The van der Waals surface area contributed by atoms with E-state index in [1.54, 1.807) is 0 Å². The summed E-state index contributed by atoms with van der Waals surface area (Å²) in [5.41, 5.74) is 3.37. The second kappa shape index (κ2) is 7.97. The van der Waals surface area contributed by atoms with E-state index in [2.05, 4.69) is 32.6 Å². The third-order valence-corrected chi connectivity index (χ3v) is 9.25. The van der Waals surface area contributed by atoms with Crippen LogP contribution in [0.3, 0.4) is 0 Å². The highest BCUT2D eigenvalue weighted by molar-refractivity contribution is 5.88. The molecule has 0 radical (unpaired) electrons. The molecule has 0 aromatic rings. The standard InChI is InChI=1S/C27H38O4/c1-15-19(13-20(28)14-23(15)29)9-6-17-5-4-12-27(3)21(10-11-22(17)27)16(2)24(30)26-25(31-26)18-7-8-18/h6,9,16,18,20-23,25-26,28-29H,1,4-5,7-8,10-14H2,2-3H3/t16?,20-,21-,22?,23+,25?,26?,27-/m1/s1. The summed E-state index contributed by atoms with van der Waals surface area (Å²) in [5.74, 6) is 2.02. The quantitative estimate of drug-likeness (QED) is 0.635. The number of ether oxygens (including phenoxy) is 1. The Morgan fingerprint density at radius 3 is 2.74 bits per heavy atom. The first-order chi connectivity index (χ1) is 14.8. The number of ketones is 1. The molecule has 31 heavy (non-hydrogen) atoms. The van der Waals surface area contributed by atoms with Gasteiger partial charge in [-0.15, -0.1) is 0 Å². The summed E-state index contributed by atoms with van der Waals surface area (Å²) in [6.45, 7) is 8.62. The Hall–Kier alpha value is -1.23. The van der Waals surface area contributed by atoms with Crippen molar-refractivity contribution in [2.75, 3.05) is 0 Å². The van der Waals surface area contributed by atoms with E-state index in [4.69, 9.17) is 4.74 Å². The van der Waals surface area contributed by atoms with Crippen LogP contribution in [0.1, 0.15) is 71.6 Å². The number of carbonyl (C=O) groups is 1. The lowest BCUT2D eigenvalue weighted by Crippen LogP contribution is -2.39. The third-order valence-electron chi connectivity index (χ3n) is 9.25. The number of hydrogen-bond donors (Lipinski definition) is 2. The van der Waals surface area contributed by atoms with Crippen molar-refractivity contribution in [3.63, 3.8) is 0 Å². The van der Waals surface area contributed by atoms with E-state index in [0.29, 0.717) is 36.4 Å². The first-order valence-electron chi connectivity index (χ1n) is 12.4. The maximum atomic E-state index is 13.2. The molecule has 5 rings (SSSR count). The second-order valence-corrected chi connectivity index (χ2v) is 11.2. The highest BCUT2D eigenvalue weighted by Crippen LogP contribution is 2.60. The van der Waals surface area contributed by atoms with Crippen molar-refractivity contribution >= 4 is 5.78 Å². The molecule has 4 saturated carbocycles. The second-order valence-electron chi connectivity index (χ2n) is 11.2. The lowest BCUT2D eigenvalue weighted by Gasteiger charge is -2.44. The molecule has 5 fully saturated rings. The summed E-state index contributed by atoms with van der Waals surface area (Å²) in [6.07, 6.45) is 12.4. The average molecular weight is 427 g/mol. The number of aliphatic hydroxyl groups is 2. The van der Waals surface area contributed by atoms with Gasteiger partial charge in [0.1, 0.15) is 6.10 Å². The zero-order chi connectivity index (χ0) is 21.9. The molecule has 4 unspecified atom stereocenters. The van der Waals surface area contributed by atoms with Gasteiger partial charge in [-0.25, -0.2) is 0 Å². The fraction of sp³-hybridized carbons (Fsp3) is 0.741. The molecule has 1 aliphatic heterocycles. The highest BCUT2D eigenvalue weighted by atomic mass is 16.6. The molecule has 1 saturated heterocycles. The molecule has 5 aliphatic rings. The number of aliphatic hydroxyl groups excluding tert-OH is 2. The lowest BCUT2D eigenvalue weighted by atomic mass is 9.60. The van der Waals surface area contributed by atoms with Crippen molar-refractivity contribution in [2.45, 2.75) is 96.1 Å². The van der Waals surface area contributed by atoms with E-state index in [1.165, 1.54) is 24.8 Å². The molecule has 2 N–H and O–H groups in total. The Kier molecular flexibility index (Phi) is 5.55. The predicted molar refractivity (Wildman–Crippen MR) is 120 cm³/mol. The zero-order valence-corrected chi connectivity index (χ0v) is 19.1. The van der Waals surface area contributed by atoms with Crippen LogP contribution in [-0.4, -0.2) is 40.4 Å². The Balaban J connectivity index is 1.31. The van der Waals surface area contributed by atoms with Crippen LogP contribution < -0.4 is 0 Å². The van der Waals surface area contributed by atoms with Crippen LogP contribution in [0.4, 0.5) is 0 Å². The van der Waals surface area contributed by atoms with Crippen LogP contribution >= 0.6 is 0 Å². The maximum absolute atomic E-state index is 13.2. The SMILES string of the molecule is C=C1C(=CC=C2CCC[C@@]3(C)C2CC[C@@H]3C(C)C(=O)C2OC2C2CC2)C[C@@H](O)C[C@@H]1O. The van der Waals surface area contributed by atoms with Gasteiger partial charge in [0.25, 0.3) is 0 Å². The van der Waals surface area contributed by atoms with Crippen LogP contribution in [0.25, 0.3) is 0 Å². The first-order valence-corrected chi connectivity index (χ1v) is 12.4. The summed E-state index contributed by atoms with van der Waals surface area (Å²) in [6, 6.07) is 0. The van der Waals surface area contributed by atoms with Crippen LogP contribution in [0.2, 0.25) is 0 Å². The van der Waals surface area contributed by atoms with Gasteiger partial charge in [0.15, 0.2) is 5.78 Å². The monoisotopic (exact) mass is 426 g/mol. The fourth-order valence-electron chi connectivity index (χ4n) is 7.16. The number of carbonyl (C=O) groups excluding carboxylic acids is 1. The van der Waals surface area contributed by atoms with E-state index >= 15 is 0 Å². The number of hydrogen-bond acceptors (Lipinski definition) is 4. The largest absolute Gasteiger partial charge is 0.393 e. The fourth-order valence-corrected chi connectivity index (χ4v) is 7.16. The lowest BCUT2D eigenvalue weighted by molar-refractivity contribution is -0.126. The predicted octanol–water partition coefficient (Wildman–Crippen LogP) is 4.51. The van der Waals surface area contributed by atoms with E-state index in [1.807, 2.05) is 0 Å². The average Bonchev–Trinajstić information content (AvgIpc) is 3.63. The minimum Gasteiger partial charge on any atom is -0.393 e. The van der Waals surface area contributed by atoms with E-state index in [0.717, 1.165) is 36.8 Å². The topological polar surface area (TPSA) is 70.1 Å². The van der Waals surface area contributed by atoms with Crippen LogP contribution in [0.5, 0.6) is 0 Å². The number of Topliss-reactive ketones (excluding diaryl/α,β-unsaturated/α-hetero) is 1. The van der Waals surface area contributed by atoms with Crippen LogP contribution in [0, 0.1) is 29.1 Å². The van der Waals surface area contributed by atoms with Gasteiger partial charge < -0.3 is 14.9 Å². The summed E-state index contributed by atoms with van der Waals surface area (Å²) in [7, 11) is 0. The molecule has 4 heteroatoms. The Bertz CT molecular complexity index is 821. The normalized spacial score (nSPS) is 46.3. The zero-order valence-electron chi connectivity index (χ0n) is 19.1. The van der Waals surface area contributed by atoms with Crippen molar-refractivity contribution in [1.82, 2.24) is 0 Å². The van der Waals surface area contributed by atoms with Gasteiger partial charge in [0, 0.05) is 12.3 Å². The summed E-state index contributed by atoms with van der Waals surface area (Å²) >= 11 is 0. The van der Waals surface area contributed by atoms with Crippen LogP contribution in [0.15, 0.2) is 35.5 Å². The Morgan fingerprint density at radius 2 is 2.00 bits per heavy atom. The van der Waals surface area contributed by atoms with Crippen molar-refractivity contribution in [3.05, 3.63) is 35.5 Å². The molecule has 170 valence electrons. The van der Waals surface area contributed by atoms with E-state index < -0.39 is 12.2 Å². The summed E-state index contributed by atoms with van der Waals surface area (Å²) in [4.78, 5) is 13.2. The van der Waals surface area contributed by atoms with E-state index in [9.17, 15) is 15.0 Å². The number of rotatable bonds is 5. The van der Waals surface area contributed by atoms with Gasteiger partial charge in [-0.2, -0.15) is 0 Å². The Morgan fingerprint density at radius 1 is 1.23 bits per heavy atom. The highest BCUT2D eigenvalue weighted by Gasteiger charge is 2.57. The van der Waals surface area contributed by atoms with Gasteiger partial charge in [0.05, 0.1) is 18.3 Å². The van der Waals surface area contributed by atoms with Gasteiger partial charge in [-0.1, -0.05) is 38.2 Å². The molecule has 1 heterocycles. The van der Waals surface area contributed by atoms with Crippen molar-refractivity contribution < 1.29 is 19.7 Å². The van der Waals surface area contributed by atoms with Gasteiger partial charge in [0.2, 0.25) is 0 Å². The van der Waals surface area contributed by atoms with Crippen molar-refractivity contribution in [3.8, 4) is 0 Å². The number of epoxide rings is 1. The molecule has 0 amide bonds. The van der Waals surface area contributed by atoms with Gasteiger partial charge in [-0.05, 0) is 85.7 Å². The van der Waals surface area contributed by atoms with Gasteiger partial charge in [-0.3, -0.25) is 4.79 Å². The minimum atomic E-state index is -0.642. The minimum absolute atomic E-state index is 0.0740. The van der Waals surface area contributed by atoms with Crippen LogP contribution in [-0.2, 0) is 9.53 Å². The molecule has 4 nitrogen and oxygen atoms in total. The van der Waals surface area contributed by atoms with E-state index in [-0.39, 0.29) is 23.5 Å². The number of allylic oxidation sites excluding steroid dienone is 3. The number of fused-ring (bicyclic) bond motifs is 1. The molecule has 0 bridgehead atoms. The first kappa shape index (κ1) is 21.6. The summed E-state index contributed by atoms with van der Waals surface area (Å²) < 4.78 is 5.79. The smallest absolute Gasteiger partial charge is 0.167 e.